The zero-order valence-corrected chi connectivity index (χ0v) is 13.7. The molecule has 1 aromatic rings. The molecule has 0 saturated heterocycles. The highest BCUT2D eigenvalue weighted by Gasteiger charge is 2.28. The topological polar surface area (TPSA) is 55.6 Å². The number of ether oxygens (including phenoxy) is 1. The van der Waals surface area contributed by atoms with Gasteiger partial charge in [0, 0.05) is 24.9 Å². The Balaban J connectivity index is 1.94. The Kier molecular flexibility index (Phi) is 6.64. The van der Waals surface area contributed by atoms with Gasteiger partial charge >= 0.3 is 6.18 Å². The molecule has 1 aliphatic rings. The van der Waals surface area contributed by atoms with E-state index < -0.39 is 24.7 Å². The molecule has 1 amide bonds. The lowest BCUT2D eigenvalue weighted by molar-refractivity contribution is -0.135. The molecule has 136 valence electrons. The van der Waals surface area contributed by atoms with Crippen molar-refractivity contribution < 1.29 is 22.7 Å². The van der Waals surface area contributed by atoms with Crippen LogP contribution in [-0.2, 0) is 9.53 Å². The standard InChI is InChI=1S/C18H21F3N2O2/c19-18(20,21)11-5-2-6-13-25-17-15(16(22)24)10-7-12-23(17)14-8-3-1-4-9-14/h1,3-4,7-10,12,17H,2,5-6,11,13H2,(H2,22,24). The largest absolute Gasteiger partial charge is 0.389 e. The Morgan fingerprint density at radius 1 is 1.16 bits per heavy atom. The number of para-hydroxylation sites is 1. The smallest absolute Gasteiger partial charge is 0.366 e. The molecule has 2 N–H and O–H groups in total. The molecule has 2 rings (SSSR count). The summed E-state index contributed by atoms with van der Waals surface area (Å²) in [5.74, 6) is -0.590. The summed E-state index contributed by atoms with van der Waals surface area (Å²) in [5.41, 5.74) is 6.56. The second-order valence-corrected chi connectivity index (χ2v) is 5.72. The van der Waals surface area contributed by atoms with Crippen LogP contribution in [0.2, 0.25) is 0 Å². The van der Waals surface area contributed by atoms with Crippen LogP contribution in [0.3, 0.4) is 0 Å². The van der Waals surface area contributed by atoms with E-state index in [2.05, 4.69) is 0 Å². The Hall–Kier alpha value is -2.28. The Labute approximate surface area is 144 Å². The molecule has 0 spiro atoms. The number of alkyl halides is 3. The number of benzene rings is 1. The van der Waals surface area contributed by atoms with E-state index in [9.17, 15) is 18.0 Å². The molecule has 0 aromatic heterocycles. The first-order chi connectivity index (χ1) is 11.9. The van der Waals surface area contributed by atoms with E-state index in [1.54, 1.807) is 23.3 Å². The Morgan fingerprint density at radius 2 is 1.88 bits per heavy atom. The number of rotatable bonds is 8. The van der Waals surface area contributed by atoms with Crippen LogP contribution < -0.4 is 10.6 Å². The normalized spacial score (nSPS) is 17.5. The Morgan fingerprint density at radius 3 is 2.52 bits per heavy atom. The average molecular weight is 354 g/mol. The van der Waals surface area contributed by atoms with Gasteiger partial charge in [-0.3, -0.25) is 4.79 Å². The monoisotopic (exact) mass is 354 g/mol. The van der Waals surface area contributed by atoms with Gasteiger partial charge in [0.2, 0.25) is 5.91 Å². The number of halogens is 3. The van der Waals surface area contributed by atoms with E-state index in [4.69, 9.17) is 10.5 Å². The number of primary amides is 1. The summed E-state index contributed by atoms with van der Waals surface area (Å²) in [4.78, 5) is 13.4. The van der Waals surface area contributed by atoms with Crippen molar-refractivity contribution in [1.82, 2.24) is 0 Å². The third-order valence-corrected chi connectivity index (χ3v) is 3.76. The molecule has 1 aromatic carbocycles. The van der Waals surface area contributed by atoms with Gasteiger partial charge in [-0.25, -0.2) is 0 Å². The zero-order chi connectivity index (χ0) is 18.3. The van der Waals surface area contributed by atoms with Crippen LogP contribution in [0, 0.1) is 0 Å². The van der Waals surface area contributed by atoms with Gasteiger partial charge in [-0.05, 0) is 37.1 Å². The Bertz CT molecular complexity index is 627. The van der Waals surface area contributed by atoms with Gasteiger partial charge in [0.1, 0.15) is 0 Å². The fourth-order valence-electron chi connectivity index (χ4n) is 2.54. The van der Waals surface area contributed by atoms with Crippen LogP contribution in [0.4, 0.5) is 18.9 Å². The third-order valence-electron chi connectivity index (χ3n) is 3.76. The summed E-state index contributed by atoms with van der Waals surface area (Å²) in [7, 11) is 0. The number of anilines is 1. The molecule has 1 heterocycles. The maximum Gasteiger partial charge on any atom is 0.389 e. The number of carbonyl (C=O) groups excluding carboxylic acids is 1. The van der Waals surface area contributed by atoms with Crippen LogP contribution in [0.25, 0.3) is 0 Å². The van der Waals surface area contributed by atoms with E-state index >= 15 is 0 Å². The molecule has 1 aliphatic heterocycles. The fourth-order valence-corrected chi connectivity index (χ4v) is 2.54. The van der Waals surface area contributed by atoms with Crippen LogP contribution in [0.5, 0.6) is 0 Å². The summed E-state index contributed by atoms with van der Waals surface area (Å²) in [6.07, 6.45) is 0.421. The number of nitrogens with zero attached hydrogens (tertiary/aromatic N) is 1. The molecule has 1 atom stereocenters. The molecule has 0 aliphatic carbocycles. The number of amides is 1. The highest BCUT2D eigenvalue weighted by molar-refractivity contribution is 5.94. The van der Waals surface area contributed by atoms with Crippen molar-refractivity contribution in [2.45, 2.75) is 38.1 Å². The molecule has 1 unspecified atom stereocenters. The first kappa shape index (κ1) is 19.1. The molecule has 25 heavy (non-hydrogen) atoms. The van der Waals surface area contributed by atoms with E-state index in [1.807, 2.05) is 30.3 Å². The molecule has 0 saturated carbocycles. The minimum absolute atomic E-state index is 0.0678. The predicted octanol–water partition coefficient (Wildman–Crippen LogP) is 3.90. The van der Waals surface area contributed by atoms with Crippen LogP contribution in [-0.4, -0.2) is 24.9 Å². The number of hydrogen-bond donors (Lipinski definition) is 1. The van der Waals surface area contributed by atoms with Crippen molar-refractivity contribution in [3.63, 3.8) is 0 Å². The van der Waals surface area contributed by atoms with Crippen molar-refractivity contribution in [2.24, 2.45) is 5.73 Å². The number of nitrogens with two attached hydrogens (primary N) is 1. The van der Waals surface area contributed by atoms with Crippen molar-refractivity contribution in [3.05, 3.63) is 54.3 Å². The van der Waals surface area contributed by atoms with E-state index in [-0.39, 0.29) is 13.0 Å². The highest BCUT2D eigenvalue weighted by atomic mass is 19.4. The summed E-state index contributed by atoms with van der Waals surface area (Å²) < 4.78 is 42.2. The molecule has 4 nitrogen and oxygen atoms in total. The van der Waals surface area contributed by atoms with Crippen molar-refractivity contribution >= 4 is 11.6 Å². The van der Waals surface area contributed by atoms with E-state index in [0.717, 1.165) is 5.69 Å². The van der Waals surface area contributed by atoms with Gasteiger partial charge in [0.15, 0.2) is 6.23 Å². The molecular weight excluding hydrogens is 333 g/mol. The van der Waals surface area contributed by atoms with Crippen LogP contribution in [0.15, 0.2) is 54.3 Å². The summed E-state index contributed by atoms with van der Waals surface area (Å²) >= 11 is 0. The summed E-state index contributed by atoms with van der Waals surface area (Å²) in [5, 5.41) is 0. The maximum atomic E-state index is 12.1. The van der Waals surface area contributed by atoms with Gasteiger partial charge in [-0.2, -0.15) is 13.2 Å². The first-order valence-electron chi connectivity index (χ1n) is 8.08. The number of allylic oxidation sites excluding steroid dienone is 2. The van der Waals surface area contributed by atoms with Crippen molar-refractivity contribution in [3.8, 4) is 0 Å². The third kappa shape index (κ3) is 5.94. The lowest BCUT2D eigenvalue weighted by atomic mass is 10.1. The lowest BCUT2D eigenvalue weighted by Crippen LogP contribution is -2.41. The van der Waals surface area contributed by atoms with Crippen LogP contribution in [0.1, 0.15) is 25.7 Å². The minimum Gasteiger partial charge on any atom is -0.366 e. The summed E-state index contributed by atoms with van der Waals surface area (Å²) in [6.45, 7) is 0.240. The van der Waals surface area contributed by atoms with Crippen molar-refractivity contribution in [2.75, 3.05) is 11.5 Å². The second-order valence-electron chi connectivity index (χ2n) is 5.72. The lowest BCUT2D eigenvalue weighted by Gasteiger charge is -2.33. The quantitative estimate of drug-likeness (QED) is 0.721. The van der Waals surface area contributed by atoms with Gasteiger partial charge in [-0.1, -0.05) is 24.6 Å². The van der Waals surface area contributed by atoms with E-state index in [0.29, 0.717) is 18.4 Å². The van der Waals surface area contributed by atoms with Gasteiger partial charge in [0.05, 0.1) is 5.57 Å². The second kappa shape index (κ2) is 8.71. The number of unbranched alkanes of at least 4 members (excludes halogenated alkanes) is 2. The SMILES string of the molecule is NC(=O)C1=CC=CN(c2ccccc2)C1OCCCCCC(F)(F)F. The predicted molar refractivity (Wildman–Crippen MR) is 89.6 cm³/mol. The van der Waals surface area contributed by atoms with Gasteiger partial charge < -0.3 is 15.4 Å². The average Bonchev–Trinajstić information content (AvgIpc) is 2.57. The van der Waals surface area contributed by atoms with E-state index in [1.165, 1.54) is 0 Å². The number of carbonyl (C=O) groups is 1. The minimum atomic E-state index is -4.12. The molecule has 7 heteroatoms. The van der Waals surface area contributed by atoms with Gasteiger partial charge in [0.25, 0.3) is 0 Å². The van der Waals surface area contributed by atoms with Gasteiger partial charge in [-0.15, -0.1) is 0 Å². The van der Waals surface area contributed by atoms with Crippen molar-refractivity contribution in [1.29, 1.82) is 0 Å². The van der Waals surface area contributed by atoms with Crippen LogP contribution >= 0.6 is 0 Å². The molecular formula is C18H21F3N2O2. The highest BCUT2D eigenvalue weighted by Crippen LogP contribution is 2.26. The maximum absolute atomic E-state index is 12.1. The molecule has 0 radical (unpaired) electrons. The molecule has 0 bridgehead atoms. The zero-order valence-electron chi connectivity index (χ0n) is 13.7. The first-order valence-corrected chi connectivity index (χ1v) is 8.08. The summed E-state index contributed by atoms with van der Waals surface area (Å²) in [6, 6.07) is 9.33. The molecule has 0 fully saturated rings. The number of hydrogen-bond acceptors (Lipinski definition) is 3. The fraction of sp³-hybridized carbons (Fsp3) is 0.389.